The van der Waals surface area contributed by atoms with Gasteiger partial charge in [0.1, 0.15) is 11.6 Å². The van der Waals surface area contributed by atoms with Crippen molar-refractivity contribution >= 4 is 12.0 Å². The van der Waals surface area contributed by atoms with Crippen LogP contribution in [0.4, 0.5) is 4.39 Å². The van der Waals surface area contributed by atoms with Gasteiger partial charge in [0.25, 0.3) is 0 Å². The molecule has 0 saturated carbocycles. The van der Waals surface area contributed by atoms with Crippen LogP contribution in [0.25, 0.3) is 11.8 Å². The minimum absolute atomic E-state index is 0.0891. The number of aliphatic hydroxyl groups is 2. The summed E-state index contributed by atoms with van der Waals surface area (Å²) in [6.45, 7) is 0. The zero-order chi connectivity index (χ0) is 25.7. The van der Waals surface area contributed by atoms with Crippen LogP contribution in [-0.4, -0.2) is 50.4 Å². The minimum Gasteiger partial charge on any atom is -0.497 e. The zero-order valence-electron chi connectivity index (χ0n) is 20.2. The first-order chi connectivity index (χ1) is 17.3. The molecule has 1 aliphatic rings. The van der Waals surface area contributed by atoms with Crippen LogP contribution < -0.4 is 4.74 Å². The molecule has 0 amide bonds. The van der Waals surface area contributed by atoms with Crippen LogP contribution in [0.2, 0.25) is 0 Å². The van der Waals surface area contributed by atoms with Gasteiger partial charge >= 0.3 is 5.97 Å². The lowest BCUT2D eigenvalue weighted by atomic mass is 9.83. The number of ether oxygens (including phenoxy) is 1. The van der Waals surface area contributed by atoms with E-state index in [1.807, 2.05) is 18.2 Å². The number of carbonyl (C=O) groups is 1. The van der Waals surface area contributed by atoms with Gasteiger partial charge < -0.3 is 20.1 Å². The molecule has 0 fully saturated rings. The van der Waals surface area contributed by atoms with E-state index in [0.717, 1.165) is 53.9 Å². The normalized spacial score (nSPS) is 17.1. The summed E-state index contributed by atoms with van der Waals surface area (Å²) in [4.78, 5) is 10.8. The van der Waals surface area contributed by atoms with Gasteiger partial charge in [-0.1, -0.05) is 18.2 Å². The number of aliphatic hydroxyl groups excluding tert-OH is 2. The number of aromatic nitrogens is 2. The molecule has 1 aliphatic carbocycles. The molecule has 190 valence electrons. The fraction of sp³-hybridized carbons (Fsp3) is 0.357. The number of carboxylic acids is 1. The maximum Gasteiger partial charge on any atom is 0.305 e. The lowest BCUT2D eigenvalue weighted by molar-refractivity contribution is -0.139. The Bertz CT molecular complexity index is 1220. The van der Waals surface area contributed by atoms with E-state index in [9.17, 15) is 19.4 Å². The first-order valence-corrected chi connectivity index (χ1v) is 12.1. The van der Waals surface area contributed by atoms with Crippen LogP contribution in [0.1, 0.15) is 54.1 Å². The van der Waals surface area contributed by atoms with Crippen LogP contribution in [0, 0.1) is 5.82 Å². The summed E-state index contributed by atoms with van der Waals surface area (Å²) in [5, 5.41) is 34.1. The third-order valence-electron chi connectivity index (χ3n) is 6.51. The molecule has 1 heterocycles. The van der Waals surface area contributed by atoms with Gasteiger partial charge in [-0.2, -0.15) is 5.10 Å². The summed E-state index contributed by atoms with van der Waals surface area (Å²) < 4.78 is 20.8. The van der Waals surface area contributed by atoms with Crippen molar-refractivity contribution in [3.05, 3.63) is 82.9 Å². The van der Waals surface area contributed by atoms with Crippen molar-refractivity contribution in [2.45, 2.75) is 56.7 Å². The second kappa shape index (κ2) is 11.5. The van der Waals surface area contributed by atoms with Crippen LogP contribution in [0.3, 0.4) is 0 Å². The molecule has 8 heteroatoms. The number of nitrogens with zero attached hydrogens (tertiary/aromatic N) is 2. The third kappa shape index (κ3) is 6.19. The lowest BCUT2D eigenvalue weighted by Gasteiger charge is -2.21. The predicted octanol–water partition coefficient (Wildman–Crippen LogP) is 4.28. The number of methoxy groups -OCH3 is 1. The van der Waals surface area contributed by atoms with Gasteiger partial charge in [-0.25, -0.2) is 9.07 Å². The first kappa shape index (κ1) is 25.6. The summed E-state index contributed by atoms with van der Waals surface area (Å²) in [5.74, 6) is -0.462. The summed E-state index contributed by atoms with van der Waals surface area (Å²) in [5.41, 5.74) is 4.70. The molecule has 0 saturated heterocycles. The van der Waals surface area contributed by atoms with E-state index < -0.39 is 24.6 Å². The second-order valence-electron chi connectivity index (χ2n) is 9.20. The van der Waals surface area contributed by atoms with E-state index in [1.165, 1.54) is 12.1 Å². The molecule has 0 spiro atoms. The molecule has 3 aromatic rings. The quantitative estimate of drug-likeness (QED) is 0.389. The SMILES string of the molecule is COc1cccc(CC2CCCc3c2nn(-c2ccc(F)cc2)c3/C=C/[C@H](O)C[C@H](O)CC(=O)O)c1. The molecule has 0 aliphatic heterocycles. The van der Waals surface area contributed by atoms with Gasteiger partial charge in [-0.05, 0) is 73.7 Å². The maximum absolute atomic E-state index is 13.6. The van der Waals surface area contributed by atoms with Gasteiger partial charge in [0.2, 0.25) is 0 Å². The molecule has 2 aromatic carbocycles. The minimum atomic E-state index is -1.15. The lowest BCUT2D eigenvalue weighted by Crippen LogP contribution is -2.19. The van der Waals surface area contributed by atoms with Crippen molar-refractivity contribution in [2.24, 2.45) is 0 Å². The number of benzene rings is 2. The van der Waals surface area contributed by atoms with Crippen LogP contribution in [0.15, 0.2) is 54.6 Å². The molecular formula is C28H31FN2O5. The Morgan fingerprint density at radius 2 is 2.03 bits per heavy atom. The maximum atomic E-state index is 13.6. The van der Waals surface area contributed by atoms with E-state index in [4.69, 9.17) is 14.9 Å². The average molecular weight is 495 g/mol. The van der Waals surface area contributed by atoms with Crippen molar-refractivity contribution in [1.29, 1.82) is 0 Å². The molecule has 1 unspecified atom stereocenters. The largest absolute Gasteiger partial charge is 0.497 e. The Morgan fingerprint density at radius 3 is 2.75 bits per heavy atom. The van der Waals surface area contributed by atoms with Crippen molar-refractivity contribution in [1.82, 2.24) is 9.78 Å². The Balaban J connectivity index is 1.67. The Kier molecular flexibility index (Phi) is 8.18. The summed E-state index contributed by atoms with van der Waals surface area (Å²) in [6.07, 6.45) is 4.21. The molecule has 0 bridgehead atoms. The fourth-order valence-corrected chi connectivity index (χ4v) is 4.80. The van der Waals surface area contributed by atoms with Gasteiger partial charge in [0, 0.05) is 17.9 Å². The number of fused-ring (bicyclic) bond motifs is 1. The molecule has 4 rings (SSSR count). The Labute approximate surface area is 209 Å². The van der Waals surface area contributed by atoms with E-state index in [2.05, 4.69) is 6.07 Å². The van der Waals surface area contributed by atoms with Gasteiger partial charge in [-0.15, -0.1) is 0 Å². The van der Waals surface area contributed by atoms with Crippen molar-refractivity contribution in [2.75, 3.05) is 7.11 Å². The summed E-state index contributed by atoms with van der Waals surface area (Å²) in [6, 6.07) is 14.1. The Morgan fingerprint density at radius 1 is 1.25 bits per heavy atom. The molecule has 1 aromatic heterocycles. The van der Waals surface area contributed by atoms with Gasteiger partial charge in [0.15, 0.2) is 0 Å². The number of carboxylic acid groups (broad SMARTS) is 1. The van der Waals surface area contributed by atoms with Crippen molar-refractivity contribution in [3.8, 4) is 11.4 Å². The van der Waals surface area contributed by atoms with Gasteiger partial charge in [-0.3, -0.25) is 4.79 Å². The molecular weight excluding hydrogens is 463 g/mol. The highest BCUT2D eigenvalue weighted by molar-refractivity contribution is 5.67. The number of hydrogen-bond donors (Lipinski definition) is 3. The highest BCUT2D eigenvalue weighted by atomic mass is 19.1. The summed E-state index contributed by atoms with van der Waals surface area (Å²) in [7, 11) is 1.65. The molecule has 36 heavy (non-hydrogen) atoms. The topological polar surface area (TPSA) is 105 Å². The monoisotopic (exact) mass is 494 g/mol. The molecule has 0 radical (unpaired) electrons. The number of aliphatic carboxylic acids is 1. The fourth-order valence-electron chi connectivity index (χ4n) is 4.80. The van der Waals surface area contributed by atoms with E-state index in [-0.39, 0.29) is 18.2 Å². The predicted molar refractivity (Wildman–Crippen MR) is 134 cm³/mol. The summed E-state index contributed by atoms with van der Waals surface area (Å²) >= 11 is 0. The third-order valence-corrected chi connectivity index (χ3v) is 6.51. The number of hydrogen-bond acceptors (Lipinski definition) is 5. The van der Waals surface area contributed by atoms with Crippen LogP contribution in [-0.2, 0) is 17.6 Å². The second-order valence-corrected chi connectivity index (χ2v) is 9.20. The smallest absolute Gasteiger partial charge is 0.305 e. The number of halogens is 1. The zero-order valence-corrected chi connectivity index (χ0v) is 20.2. The number of rotatable bonds is 10. The van der Waals surface area contributed by atoms with Gasteiger partial charge in [0.05, 0.1) is 42.8 Å². The molecule has 7 nitrogen and oxygen atoms in total. The average Bonchev–Trinajstić information content (AvgIpc) is 3.22. The van der Waals surface area contributed by atoms with Crippen LogP contribution >= 0.6 is 0 Å². The van der Waals surface area contributed by atoms with E-state index in [0.29, 0.717) is 5.69 Å². The Hall–Kier alpha value is -3.49. The van der Waals surface area contributed by atoms with Crippen molar-refractivity contribution < 1.29 is 29.2 Å². The molecule has 3 N–H and O–H groups in total. The molecule has 3 atom stereocenters. The van der Waals surface area contributed by atoms with E-state index >= 15 is 0 Å². The van der Waals surface area contributed by atoms with Crippen LogP contribution in [0.5, 0.6) is 5.75 Å². The van der Waals surface area contributed by atoms with Crippen molar-refractivity contribution in [3.63, 3.8) is 0 Å². The van der Waals surface area contributed by atoms with E-state index in [1.54, 1.807) is 36.1 Å². The first-order valence-electron chi connectivity index (χ1n) is 12.1. The highest BCUT2D eigenvalue weighted by Gasteiger charge is 2.28. The highest BCUT2D eigenvalue weighted by Crippen LogP contribution is 2.37. The standard InChI is InChI=1S/C28H31FN2O5/c1-36-24-6-2-4-18(15-24)14-19-5-3-7-25-26(13-12-22(32)16-23(33)17-27(34)35)31(30-28(19)25)21-10-8-20(29)9-11-21/h2,4,6,8-13,15,19,22-23,32-33H,3,5,7,14,16-17H2,1H3,(H,34,35)/b13-12+/t19?,22-,23-/m0/s1.